The molecule has 0 bridgehead atoms. The minimum Gasteiger partial charge on any atom is -0.495 e. The molecule has 21 heavy (non-hydrogen) atoms. The quantitative estimate of drug-likeness (QED) is 0.733. The Balaban J connectivity index is 2.96. The highest BCUT2D eigenvalue weighted by Crippen LogP contribution is 2.25. The predicted molar refractivity (Wildman–Crippen MR) is 85.0 cm³/mol. The predicted octanol–water partition coefficient (Wildman–Crippen LogP) is 2.13. The van der Waals surface area contributed by atoms with Gasteiger partial charge in [-0.15, -0.1) is 0 Å². The van der Waals surface area contributed by atoms with Crippen molar-refractivity contribution in [2.75, 3.05) is 20.7 Å². The van der Waals surface area contributed by atoms with Crippen LogP contribution in [0.15, 0.2) is 23.1 Å². The van der Waals surface area contributed by atoms with Gasteiger partial charge in [0.15, 0.2) is 0 Å². The highest BCUT2D eigenvalue weighted by Gasteiger charge is 2.20. The average Bonchev–Trinajstić information content (AvgIpc) is 2.48. The van der Waals surface area contributed by atoms with Gasteiger partial charge in [0.05, 0.1) is 7.11 Å². The van der Waals surface area contributed by atoms with Crippen LogP contribution in [-0.4, -0.2) is 29.1 Å². The molecule has 0 fully saturated rings. The SMILES string of the molecule is CCC(CC)CNS(=O)(=O)c1ccc(CNC)cc1OC. The summed E-state index contributed by atoms with van der Waals surface area (Å²) in [6.45, 7) is 5.25. The number of hydrogen-bond donors (Lipinski definition) is 2. The summed E-state index contributed by atoms with van der Waals surface area (Å²) in [5.41, 5.74) is 0.980. The van der Waals surface area contributed by atoms with Crippen LogP contribution in [-0.2, 0) is 16.6 Å². The van der Waals surface area contributed by atoms with Crippen molar-refractivity contribution in [3.05, 3.63) is 23.8 Å². The molecule has 0 spiro atoms. The molecular formula is C15H26N2O3S. The molecule has 0 unspecified atom stereocenters. The summed E-state index contributed by atoms with van der Waals surface area (Å²) in [5.74, 6) is 0.731. The second kappa shape index (κ2) is 8.36. The fraction of sp³-hybridized carbons (Fsp3) is 0.600. The van der Waals surface area contributed by atoms with Crippen LogP contribution >= 0.6 is 0 Å². The molecule has 0 aliphatic heterocycles. The Morgan fingerprint density at radius 3 is 2.43 bits per heavy atom. The monoisotopic (exact) mass is 314 g/mol. The fourth-order valence-corrected chi connectivity index (χ4v) is 3.40. The van der Waals surface area contributed by atoms with Crippen LogP contribution in [0.3, 0.4) is 0 Å². The van der Waals surface area contributed by atoms with E-state index in [1.807, 2.05) is 7.05 Å². The van der Waals surface area contributed by atoms with E-state index < -0.39 is 10.0 Å². The van der Waals surface area contributed by atoms with E-state index in [0.717, 1.165) is 18.4 Å². The number of sulfonamides is 1. The van der Waals surface area contributed by atoms with Crippen molar-refractivity contribution in [2.24, 2.45) is 5.92 Å². The average molecular weight is 314 g/mol. The smallest absolute Gasteiger partial charge is 0.244 e. The summed E-state index contributed by atoms with van der Waals surface area (Å²) in [6.07, 6.45) is 1.91. The third kappa shape index (κ3) is 4.98. The number of rotatable bonds is 9. The molecule has 0 aliphatic rings. The van der Waals surface area contributed by atoms with Gasteiger partial charge >= 0.3 is 0 Å². The molecule has 120 valence electrons. The summed E-state index contributed by atoms with van der Waals surface area (Å²) >= 11 is 0. The highest BCUT2D eigenvalue weighted by molar-refractivity contribution is 7.89. The normalized spacial score (nSPS) is 11.9. The highest BCUT2D eigenvalue weighted by atomic mass is 32.2. The van der Waals surface area contributed by atoms with Crippen LogP contribution in [0.5, 0.6) is 5.75 Å². The Kier molecular flexibility index (Phi) is 7.14. The molecule has 1 rings (SSSR count). The summed E-state index contributed by atoms with van der Waals surface area (Å²) in [5, 5.41) is 3.03. The Labute approximate surface area is 128 Å². The first-order valence-electron chi connectivity index (χ1n) is 7.29. The van der Waals surface area contributed by atoms with Crippen molar-refractivity contribution >= 4 is 10.0 Å². The second-order valence-corrected chi connectivity index (χ2v) is 6.79. The molecule has 0 radical (unpaired) electrons. The van der Waals surface area contributed by atoms with Crippen LogP contribution < -0.4 is 14.8 Å². The minimum atomic E-state index is -3.55. The topological polar surface area (TPSA) is 67.4 Å². The van der Waals surface area contributed by atoms with E-state index in [2.05, 4.69) is 23.9 Å². The Bertz CT molecular complexity index is 540. The number of ether oxygens (including phenoxy) is 1. The van der Waals surface area contributed by atoms with Crippen molar-refractivity contribution in [2.45, 2.75) is 38.1 Å². The lowest BCUT2D eigenvalue weighted by Crippen LogP contribution is -2.29. The third-order valence-electron chi connectivity index (χ3n) is 3.62. The van der Waals surface area contributed by atoms with Crippen LogP contribution in [0.1, 0.15) is 32.3 Å². The zero-order valence-corrected chi connectivity index (χ0v) is 14.1. The van der Waals surface area contributed by atoms with Gasteiger partial charge < -0.3 is 10.1 Å². The lowest BCUT2D eigenvalue weighted by atomic mass is 10.0. The number of benzene rings is 1. The summed E-state index contributed by atoms with van der Waals surface area (Å²) < 4.78 is 32.7. The maximum atomic E-state index is 12.4. The molecule has 0 amide bonds. The molecule has 0 saturated carbocycles. The molecule has 0 heterocycles. The van der Waals surface area contributed by atoms with E-state index >= 15 is 0 Å². The van der Waals surface area contributed by atoms with Gasteiger partial charge in [0.25, 0.3) is 0 Å². The first kappa shape index (κ1) is 17.9. The minimum absolute atomic E-state index is 0.191. The maximum Gasteiger partial charge on any atom is 0.244 e. The van der Waals surface area contributed by atoms with Crippen molar-refractivity contribution in [1.29, 1.82) is 0 Å². The van der Waals surface area contributed by atoms with Crippen molar-refractivity contribution in [1.82, 2.24) is 10.0 Å². The standard InChI is InChI=1S/C15H26N2O3S/c1-5-12(6-2)11-17-21(18,19)15-8-7-13(10-16-3)9-14(15)20-4/h7-9,12,16-17H,5-6,10-11H2,1-4H3. The Morgan fingerprint density at radius 2 is 1.90 bits per heavy atom. The number of hydrogen-bond acceptors (Lipinski definition) is 4. The van der Waals surface area contributed by atoms with E-state index in [-0.39, 0.29) is 4.90 Å². The Morgan fingerprint density at radius 1 is 1.24 bits per heavy atom. The van der Waals surface area contributed by atoms with Gasteiger partial charge in [-0.2, -0.15) is 0 Å². The molecule has 1 aromatic rings. The fourth-order valence-electron chi connectivity index (χ4n) is 2.13. The maximum absolute atomic E-state index is 12.4. The first-order valence-corrected chi connectivity index (χ1v) is 8.77. The lowest BCUT2D eigenvalue weighted by Gasteiger charge is -2.15. The first-order chi connectivity index (χ1) is 9.98. The molecule has 1 aromatic carbocycles. The second-order valence-electron chi connectivity index (χ2n) is 5.05. The zero-order valence-electron chi connectivity index (χ0n) is 13.3. The number of methoxy groups -OCH3 is 1. The van der Waals surface area contributed by atoms with E-state index in [4.69, 9.17) is 4.74 Å². The van der Waals surface area contributed by atoms with Crippen LogP contribution in [0.2, 0.25) is 0 Å². The Hall–Kier alpha value is -1.11. The molecular weight excluding hydrogens is 288 g/mol. The van der Waals surface area contributed by atoms with Crippen molar-refractivity contribution < 1.29 is 13.2 Å². The van der Waals surface area contributed by atoms with E-state index in [1.54, 1.807) is 18.2 Å². The van der Waals surface area contributed by atoms with Crippen LogP contribution in [0.25, 0.3) is 0 Å². The molecule has 0 atom stereocenters. The van der Waals surface area contributed by atoms with Crippen molar-refractivity contribution in [3.63, 3.8) is 0 Å². The molecule has 0 aromatic heterocycles. The van der Waals surface area contributed by atoms with Gasteiger partial charge in [-0.1, -0.05) is 32.8 Å². The molecule has 0 aliphatic carbocycles. The van der Waals surface area contributed by atoms with Crippen LogP contribution in [0, 0.1) is 5.92 Å². The van der Waals surface area contributed by atoms with Gasteiger partial charge in [-0.3, -0.25) is 0 Å². The summed E-state index contributed by atoms with van der Waals surface area (Å²) in [6, 6.07) is 5.15. The van der Waals surface area contributed by atoms with Gasteiger partial charge in [0.1, 0.15) is 10.6 Å². The largest absolute Gasteiger partial charge is 0.495 e. The van der Waals surface area contributed by atoms with E-state index in [1.165, 1.54) is 7.11 Å². The molecule has 0 saturated heterocycles. The summed E-state index contributed by atoms with van der Waals surface area (Å²) in [7, 11) is -0.219. The number of nitrogens with one attached hydrogen (secondary N) is 2. The third-order valence-corrected chi connectivity index (χ3v) is 5.08. The van der Waals surface area contributed by atoms with Gasteiger partial charge in [0, 0.05) is 13.1 Å². The summed E-state index contributed by atoms with van der Waals surface area (Å²) in [4.78, 5) is 0.191. The molecule has 5 nitrogen and oxygen atoms in total. The van der Waals surface area contributed by atoms with Crippen molar-refractivity contribution in [3.8, 4) is 5.75 Å². The van der Waals surface area contributed by atoms with Gasteiger partial charge in [-0.25, -0.2) is 13.1 Å². The van der Waals surface area contributed by atoms with Crippen LogP contribution in [0.4, 0.5) is 0 Å². The van der Waals surface area contributed by atoms with E-state index in [0.29, 0.717) is 24.8 Å². The molecule has 2 N–H and O–H groups in total. The van der Waals surface area contributed by atoms with Gasteiger partial charge in [-0.05, 0) is 30.7 Å². The van der Waals surface area contributed by atoms with E-state index in [9.17, 15) is 8.42 Å². The molecule has 6 heteroatoms. The zero-order chi connectivity index (χ0) is 15.9. The van der Waals surface area contributed by atoms with Gasteiger partial charge in [0.2, 0.25) is 10.0 Å². The lowest BCUT2D eigenvalue weighted by molar-refractivity contribution is 0.401.